The lowest BCUT2D eigenvalue weighted by molar-refractivity contribution is -0.386. The normalized spacial score (nSPS) is 10.5. The van der Waals surface area contributed by atoms with Crippen molar-refractivity contribution < 1.29 is 14.5 Å². The molecule has 3 aromatic rings. The number of anilines is 1. The molecule has 0 fully saturated rings. The fourth-order valence-electron chi connectivity index (χ4n) is 2.69. The Morgan fingerprint density at radius 3 is 2.76 bits per heavy atom. The van der Waals surface area contributed by atoms with Gasteiger partial charge in [0.2, 0.25) is 0 Å². The van der Waals surface area contributed by atoms with Gasteiger partial charge in [-0.05, 0) is 42.8 Å². The molecule has 0 saturated heterocycles. The first-order valence-electron chi connectivity index (χ1n) is 7.49. The summed E-state index contributed by atoms with van der Waals surface area (Å²) in [6, 6.07) is 11.8. The summed E-state index contributed by atoms with van der Waals surface area (Å²) < 4.78 is 5.00. The number of pyridine rings is 1. The van der Waals surface area contributed by atoms with Crippen LogP contribution in [-0.4, -0.2) is 22.9 Å². The van der Waals surface area contributed by atoms with Crippen molar-refractivity contribution in [3.8, 4) is 5.75 Å². The number of amides is 1. The Morgan fingerprint density at radius 1 is 1.24 bits per heavy atom. The molecule has 0 saturated carbocycles. The number of nitro groups is 1. The molecule has 0 spiro atoms. The Hall–Kier alpha value is -3.48. The fourth-order valence-corrected chi connectivity index (χ4v) is 2.69. The highest BCUT2D eigenvalue weighted by molar-refractivity contribution is 6.11. The van der Waals surface area contributed by atoms with Crippen molar-refractivity contribution in [3.63, 3.8) is 0 Å². The predicted octanol–water partition coefficient (Wildman–Crippen LogP) is 3.71. The SMILES string of the molecule is COc1cccc(C(=O)Nc2cc(C)cc3cccnc23)c1[N+](=O)[O-]. The smallest absolute Gasteiger partial charge is 0.323 e. The number of nitrogens with one attached hydrogen (secondary N) is 1. The number of ether oxygens (including phenoxy) is 1. The topological polar surface area (TPSA) is 94.4 Å². The van der Waals surface area contributed by atoms with Crippen molar-refractivity contribution in [1.82, 2.24) is 4.98 Å². The van der Waals surface area contributed by atoms with Crippen LogP contribution in [-0.2, 0) is 0 Å². The van der Waals surface area contributed by atoms with Gasteiger partial charge in [0.25, 0.3) is 5.91 Å². The Bertz CT molecular complexity index is 985. The number of hydrogen-bond donors (Lipinski definition) is 1. The Labute approximate surface area is 143 Å². The van der Waals surface area contributed by atoms with Crippen LogP contribution in [0.15, 0.2) is 48.7 Å². The summed E-state index contributed by atoms with van der Waals surface area (Å²) in [5.41, 5.74) is 1.61. The standard InChI is InChI=1S/C18H15N3O4/c1-11-9-12-5-4-8-19-16(12)14(10-11)20-18(22)13-6-3-7-15(25-2)17(13)21(23)24/h3-10H,1-2H3,(H,20,22). The van der Waals surface area contributed by atoms with E-state index in [9.17, 15) is 14.9 Å². The second kappa shape index (κ2) is 6.56. The minimum absolute atomic E-state index is 0.0323. The average Bonchev–Trinajstić information content (AvgIpc) is 2.60. The van der Waals surface area contributed by atoms with Crippen LogP contribution in [0.3, 0.4) is 0 Å². The van der Waals surface area contributed by atoms with Crippen LogP contribution in [0.25, 0.3) is 10.9 Å². The van der Waals surface area contributed by atoms with Crippen LogP contribution in [0.1, 0.15) is 15.9 Å². The minimum atomic E-state index is -0.625. The largest absolute Gasteiger partial charge is 0.490 e. The highest BCUT2D eigenvalue weighted by atomic mass is 16.6. The number of carbonyl (C=O) groups is 1. The molecule has 1 N–H and O–H groups in total. The van der Waals surface area contributed by atoms with Gasteiger partial charge in [-0.25, -0.2) is 0 Å². The van der Waals surface area contributed by atoms with Crippen LogP contribution in [0.2, 0.25) is 0 Å². The molecule has 1 aromatic heterocycles. The van der Waals surface area contributed by atoms with E-state index in [-0.39, 0.29) is 17.0 Å². The number of aryl methyl sites for hydroxylation is 1. The first-order valence-corrected chi connectivity index (χ1v) is 7.49. The summed E-state index contributed by atoms with van der Waals surface area (Å²) >= 11 is 0. The van der Waals surface area contributed by atoms with Crippen molar-refractivity contribution in [3.05, 3.63) is 69.9 Å². The summed E-state index contributed by atoms with van der Waals surface area (Å²) in [5.74, 6) is -0.562. The van der Waals surface area contributed by atoms with Gasteiger partial charge in [0.05, 0.1) is 23.2 Å². The molecular formula is C18H15N3O4. The van der Waals surface area contributed by atoms with Gasteiger partial charge >= 0.3 is 5.69 Å². The van der Waals surface area contributed by atoms with E-state index in [1.165, 1.54) is 25.3 Å². The monoisotopic (exact) mass is 337 g/mol. The maximum Gasteiger partial charge on any atom is 0.323 e. The Balaban J connectivity index is 2.06. The number of benzene rings is 2. The van der Waals surface area contributed by atoms with Gasteiger partial charge in [0.1, 0.15) is 5.56 Å². The summed E-state index contributed by atoms with van der Waals surface area (Å²) in [4.78, 5) is 27.7. The molecule has 126 valence electrons. The molecule has 7 heteroatoms. The van der Waals surface area contributed by atoms with E-state index in [2.05, 4.69) is 10.3 Å². The molecule has 0 aliphatic carbocycles. The van der Waals surface area contributed by atoms with Crippen LogP contribution in [0.5, 0.6) is 5.75 Å². The molecule has 1 heterocycles. The number of rotatable bonds is 4. The summed E-state index contributed by atoms with van der Waals surface area (Å²) in [7, 11) is 1.32. The molecule has 0 aliphatic rings. The third-order valence-electron chi connectivity index (χ3n) is 3.74. The number of methoxy groups -OCH3 is 1. The predicted molar refractivity (Wildman–Crippen MR) is 94.1 cm³/mol. The van der Waals surface area contributed by atoms with Crippen LogP contribution in [0, 0.1) is 17.0 Å². The molecule has 25 heavy (non-hydrogen) atoms. The second-order valence-electron chi connectivity index (χ2n) is 5.46. The van der Waals surface area contributed by atoms with Crippen LogP contribution < -0.4 is 10.1 Å². The quantitative estimate of drug-likeness (QED) is 0.578. The maximum absolute atomic E-state index is 12.7. The summed E-state index contributed by atoms with van der Waals surface area (Å²) in [5, 5.41) is 15.0. The van der Waals surface area contributed by atoms with Gasteiger partial charge in [0.15, 0.2) is 5.75 Å². The van der Waals surface area contributed by atoms with E-state index in [1.54, 1.807) is 18.3 Å². The van der Waals surface area contributed by atoms with Crippen LogP contribution in [0.4, 0.5) is 11.4 Å². The number of nitro benzene ring substituents is 1. The van der Waals surface area contributed by atoms with E-state index in [0.717, 1.165) is 10.9 Å². The first-order chi connectivity index (χ1) is 12.0. The van der Waals surface area contributed by atoms with Gasteiger partial charge in [-0.1, -0.05) is 12.1 Å². The van der Waals surface area contributed by atoms with Crippen molar-refractivity contribution in [2.45, 2.75) is 6.92 Å². The van der Waals surface area contributed by atoms with Crippen molar-refractivity contribution >= 4 is 28.2 Å². The zero-order valence-corrected chi connectivity index (χ0v) is 13.6. The Morgan fingerprint density at radius 2 is 2.04 bits per heavy atom. The first kappa shape index (κ1) is 16.4. The highest BCUT2D eigenvalue weighted by Gasteiger charge is 2.25. The number of hydrogen-bond acceptors (Lipinski definition) is 5. The van der Waals surface area contributed by atoms with Crippen molar-refractivity contribution in [1.29, 1.82) is 0 Å². The summed E-state index contributed by atoms with van der Waals surface area (Å²) in [6.07, 6.45) is 1.63. The van der Waals surface area contributed by atoms with Gasteiger partial charge in [0, 0.05) is 11.6 Å². The number of nitrogens with zero attached hydrogens (tertiary/aromatic N) is 2. The molecule has 0 aliphatic heterocycles. The third-order valence-corrected chi connectivity index (χ3v) is 3.74. The fraction of sp³-hybridized carbons (Fsp3) is 0.111. The van der Waals surface area contributed by atoms with E-state index in [4.69, 9.17) is 4.74 Å². The van der Waals surface area contributed by atoms with Gasteiger partial charge in [-0.3, -0.25) is 19.9 Å². The van der Waals surface area contributed by atoms with Crippen molar-refractivity contribution in [2.75, 3.05) is 12.4 Å². The third kappa shape index (κ3) is 3.12. The van der Waals surface area contributed by atoms with Gasteiger partial charge in [-0.15, -0.1) is 0 Å². The minimum Gasteiger partial charge on any atom is -0.490 e. The molecule has 0 atom stereocenters. The summed E-state index contributed by atoms with van der Waals surface area (Å²) in [6.45, 7) is 1.90. The number of fused-ring (bicyclic) bond motifs is 1. The van der Waals surface area contributed by atoms with Crippen LogP contribution >= 0.6 is 0 Å². The molecule has 7 nitrogen and oxygen atoms in total. The molecule has 2 aromatic carbocycles. The lowest BCUT2D eigenvalue weighted by Crippen LogP contribution is -2.15. The van der Waals surface area contributed by atoms with E-state index < -0.39 is 10.8 Å². The second-order valence-corrected chi connectivity index (χ2v) is 5.46. The van der Waals surface area contributed by atoms with E-state index in [1.807, 2.05) is 19.1 Å². The average molecular weight is 337 g/mol. The molecule has 0 radical (unpaired) electrons. The maximum atomic E-state index is 12.7. The van der Waals surface area contributed by atoms with Gasteiger partial charge in [-0.2, -0.15) is 0 Å². The number of carbonyl (C=O) groups excluding carboxylic acids is 1. The lowest BCUT2D eigenvalue weighted by Gasteiger charge is -2.11. The number of aromatic nitrogens is 1. The Kier molecular flexibility index (Phi) is 4.30. The molecule has 1 amide bonds. The van der Waals surface area contributed by atoms with Crippen molar-refractivity contribution in [2.24, 2.45) is 0 Å². The van der Waals surface area contributed by atoms with E-state index >= 15 is 0 Å². The zero-order chi connectivity index (χ0) is 18.0. The lowest BCUT2D eigenvalue weighted by atomic mass is 10.1. The van der Waals surface area contributed by atoms with Gasteiger partial charge < -0.3 is 10.1 Å². The molecule has 3 rings (SSSR count). The highest BCUT2D eigenvalue weighted by Crippen LogP contribution is 2.31. The molecule has 0 bridgehead atoms. The number of para-hydroxylation sites is 1. The zero-order valence-electron chi connectivity index (χ0n) is 13.6. The molecule has 0 unspecified atom stereocenters. The molecular weight excluding hydrogens is 322 g/mol. The van der Waals surface area contributed by atoms with E-state index in [0.29, 0.717) is 11.2 Å².